The van der Waals surface area contributed by atoms with E-state index in [2.05, 4.69) is 15.0 Å². The molecule has 0 aliphatic rings. The number of H-pyrrole nitrogens is 1. The Kier molecular flexibility index (Phi) is 4.61. The van der Waals surface area contributed by atoms with Gasteiger partial charge in [-0.05, 0) is 42.5 Å². The number of nitroso groups, excluding NO2 is 1. The van der Waals surface area contributed by atoms with E-state index in [1.54, 1.807) is 19.5 Å². The highest BCUT2D eigenvalue weighted by atomic mass is 16.5. The molecule has 0 saturated carbocycles. The number of benzene rings is 1. The number of ether oxygens (including phenoxy) is 1. The molecule has 4 rings (SSSR count). The fourth-order valence-corrected chi connectivity index (χ4v) is 3.05. The predicted molar refractivity (Wildman–Crippen MR) is 103 cm³/mol. The second-order valence-corrected chi connectivity index (χ2v) is 6.31. The van der Waals surface area contributed by atoms with Crippen molar-refractivity contribution >= 4 is 11.0 Å². The van der Waals surface area contributed by atoms with Crippen molar-refractivity contribution in [3.05, 3.63) is 83.2 Å². The molecule has 1 N–H and O–H groups in total. The predicted octanol–water partition coefficient (Wildman–Crippen LogP) is 4.11. The molecular weight excluding hydrogens is 340 g/mol. The average molecular weight is 359 g/mol. The monoisotopic (exact) mass is 359 g/mol. The Labute approximate surface area is 156 Å². The summed E-state index contributed by atoms with van der Waals surface area (Å²) >= 11 is 0. The van der Waals surface area contributed by atoms with Crippen molar-refractivity contribution in [2.45, 2.75) is 13.1 Å². The van der Waals surface area contributed by atoms with Gasteiger partial charge in [0.05, 0.1) is 18.5 Å². The van der Waals surface area contributed by atoms with E-state index in [9.17, 15) is 4.91 Å². The quantitative estimate of drug-likeness (QED) is 0.526. The van der Waals surface area contributed by atoms with Crippen LogP contribution in [0.3, 0.4) is 0 Å². The van der Waals surface area contributed by atoms with E-state index in [1.807, 2.05) is 54.6 Å². The summed E-state index contributed by atoms with van der Waals surface area (Å²) < 4.78 is 6.22. The largest absolute Gasteiger partial charge is 0.497 e. The van der Waals surface area contributed by atoms with E-state index in [-0.39, 0.29) is 6.54 Å². The van der Waals surface area contributed by atoms with E-state index < -0.39 is 0 Å². The lowest BCUT2D eigenvalue weighted by Crippen LogP contribution is -2.08. The number of hydrogen-bond acceptors (Lipinski definition) is 4. The van der Waals surface area contributed by atoms with Crippen molar-refractivity contribution in [1.82, 2.24) is 15.0 Å². The molecule has 1 aromatic carbocycles. The van der Waals surface area contributed by atoms with Gasteiger partial charge < -0.3 is 9.72 Å². The number of aromatic amines is 1. The zero-order valence-electron chi connectivity index (χ0n) is 14.9. The Morgan fingerprint density at radius 1 is 1.04 bits per heavy atom. The number of rotatable bonds is 6. The summed E-state index contributed by atoms with van der Waals surface area (Å²) in [5.41, 5.74) is 4.40. The van der Waals surface area contributed by atoms with Crippen molar-refractivity contribution in [1.29, 1.82) is 0 Å². The minimum atomic E-state index is 0.262. The third-order valence-electron chi connectivity index (χ3n) is 4.35. The van der Waals surface area contributed by atoms with Crippen LogP contribution in [0.5, 0.6) is 5.75 Å². The first-order valence-corrected chi connectivity index (χ1v) is 8.65. The van der Waals surface area contributed by atoms with Crippen LogP contribution >= 0.6 is 0 Å². The maximum Gasteiger partial charge on any atom is 0.232 e. The molecular formula is C21H19N4O2+. The standard InChI is InChI=1S/C21H19N4O2/c1-27-19-4-2-3-15(11-19)13-25(26)14-18-12-17-5-6-20(24-21(17)23-18)16-7-9-22-10-8-16/h2-12H,13-14H2,1H3,(H,23,24)/q+1. The van der Waals surface area contributed by atoms with Crippen LogP contribution in [0.15, 0.2) is 67.0 Å². The lowest BCUT2D eigenvalue weighted by molar-refractivity contribution is -0.580. The van der Waals surface area contributed by atoms with E-state index in [0.717, 1.165) is 44.1 Å². The van der Waals surface area contributed by atoms with Crippen molar-refractivity contribution in [2.24, 2.45) is 0 Å². The van der Waals surface area contributed by atoms with Crippen molar-refractivity contribution in [3.8, 4) is 17.0 Å². The minimum absolute atomic E-state index is 0.262. The van der Waals surface area contributed by atoms with Gasteiger partial charge >= 0.3 is 0 Å². The summed E-state index contributed by atoms with van der Waals surface area (Å²) in [6, 6.07) is 17.3. The smallest absolute Gasteiger partial charge is 0.232 e. The maximum absolute atomic E-state index is 12.4. The molecule has 0 fully saturated rings. The van der Waals surface area contributed by atoms with Gasteiger partial charge in [-0.15, -0.1) is 0 Å². The highest BCUT2D eigenvalue weighted by molar-refractivity contribution is 5.79. The molecule has 0 atom stereocenters. The van der Waals surface area contributed by atoms with Crippen LogP contribution < -0.4 is 4.74 Å². The van der Waals surface area contributed by atoms with Gasteiger partial charge in [0.2, 0.25) is 13.1 Å². The van der Waals surface area contributed by atoms with Crippen LogP contribution in [0.2, 0.25) is 0 Å². The fraction of sp³-hybridized carbons (Fsp3) is 0.143. The first kappa shape index (κ1) is 16.9. The van der Waals surface area contributed by atoms with Gasteiger partial charge in [0.1, 0.15) is 11.4 Å². The highest BCUT2D eigenvalue weighted by Crippen LogP contribution is 2.21. The molecule has 3 aromatic heterocycles. The molecule has 0 bridgehead atoms. The summed E-state index contributed by atoms with van der Waals surface area (Å²) in [6.45, 7) is 0.556. The molecule has 134 valence electrons. The Hall–Kier alpha value is -3.54. The average Bonchev–Trinajstić information content (AvgIpc) is 3.10. The van der Waals surface area contributed by atoms with Gasteiger partial charge in [0, 0.05) is 38.6 Å². The number of fused-ring (bicyclic) bond motifs is 1. The van der Waals surface area contributed by atoms with E-state index >= 15 is 0 Å². The first-order valence-electron chi connectivity index (χ1n) is 8.65. The summed E-state index contributed by atoms with van der Waals surface area (Å²) in [5, 5.41) is 0.984. The number of methoxy groups -OCH3 is 1. The van der Waals surface area contributed by atoms with Crippen molar-refractivity contribution in [3.63, 3.8) is 0 Å². The van der Waals surface area contributed by atoms with Gasteiger partial charge in [-0.25, -0.2) is 4.98 Å². The lowest BCUT2D eigenvalue weighted by Gasteiger charge is -2.00. The zero-order valence-corrected chi connectivity index (χ0v) is 14.9. The fourth-order valence-electron chi connectivity index (χ4n) is 3.05. The normalized spacial score (nSPS) is 10.9. The van der Waals surface area contributed by atoms with Gasteiger partial charge in [0.15, 0.2) is 0 Å². The molecule has 4 aromatic rings. The van der Waals surface area contributed by atoms with Gasteiger partial charge in [-0.3, -0.25) is 4.98 Å². The maximum atomic E-state index is 12.4. The number of nitrogens with zero attached hydrogens (tertiary/aromatic N) is 3. The Balaban J connectivity index is 1.51. The van der Waals surface area contributed by atoms with Crippen molar-refractivity contribution < 1.29 is 9.50 Å². The highest BCUT2D eigenvalue weighted by Gasteiger charge is 2.14. The molecule has 0 aliphatic heterocycles. The third kappa shape index (κ3) is 3.84. The van der Waals surface area contributed by atoms with Crippen LogP contribution in [0.1, 0.15) is 11.3 Å². The number of aromatic nitrogens is 3. The Bertz CT molecular complexity index is 1090. The van der Waals surface area contributed by atoms with Crippen LogP contribution in [-0.4, -0.2) is 26.8 Å². The van der Waals surface area contributed by atoms with Crippen LogP contribution in [-0.2, 0) is 13.1 Å². The van der Waals surface area contributed by atoms with E-state index in [4.69, 9.17) is 4.74 Å². The number of nitrogens with one attached hydrogen (secondary N) is 1. The van der Waals surface area contributed by atoms with Crippen LogP contribution in [0, 0.1) is 4.91 Å². The van der Waals surface area contributed by atoms with Crippen molar-refractivity contribution in [2.75, 3.05) is 7.11 Å². The topological polar surface area (TPSA) is 70.9 Å². The second-order valence-electron chi connectivity index (χ2n) is 6.31. The Morgan fingerprint density at radius 3 is 2.70 bits per heavy atom. The molecule has 0 saturated heterocycles. The van der Waals surface area contributed by atoms with Gasteiger partial charge in [-0.1, -0.05) is 12.1 Å². The summed E-state index contributed by atoms with van der Waals surface area (Å²) in [4.78, 5) is 24.3. The SMILES string of the molecule is COc1cccc(C[N+](=O)Cc2cc3ccc(-c4ccncc4)nc3[nH]2)c1. The molecule has 6 nitrogen and oxygen atoms in total. The third-order valence-corrected chi connectivity index (χ3v) is 4.35. The molecule has 0 radical (unpaired) electrons. The summed E-state index contributed by atoms with van der Waals surface area (Å²) in [7, 11) is 1.62. The van der Waals surface area contributed by atoms with Crippen LogP contribution in [0.25, 0.3) is 22.3 Å². The van der Waals surface area contributed by atoms with E-state index in [0.29, 0.717) is 6.54 Å². The Morgan fingerprint density at radius 2 is 1.89 bits per heavy atom. The molecule has 0 unspecified atom stereocenters. The van der Waals surface area contributed by atoms with Gasteiger partial charge in [0.25, 0.3) is 0 Å². The molecule has 6 heteroatoms. The van der Waals surface area contributed by atoms with Gasteiger partial charge in [-0.2, -0.15) is 0 Å². The van der Waals surface area contributed by atoms with Crippen LogP contribution in [0.4, 0.5) is 0 Å². The molecule has 0 aliphatic carbocycles. The first-order chi connectivity index (χ1) is 13.2. The summed E-state index contributed by atoms with van der Waals surface area (Å²) in [6.07, 6.45) is 3.49. The lowest BCUT2D eigenvalue weighted by atomic mass is 10.1. The second kappa shape index (κ2) is 7.37. The number of pyridine rings is 2. The molecule has 27 heavy (non-hydrogen) atoms. The molecule has 0 spiro atoms. The molecule has 0 amide bonds. The number of hydrogen-bond donors (Lipinski definition) is 1. The molecule has 3 heterocycles. The zero-order chi connectivity index (χ0) is 18.6. The minimum Gasteiger partial charge on any atom is -0.497 e. The van der Waals surface area contributed by atoms with E-state index in [1.165, 1.54) is 0 Å². The summed E-state index contributed by atoms with van der Waals surface area (Å²) in [5.74, 6) is 0.749.